The average molecular weight is 427 g/mol. The van der Waals surface area contributed by atoms with Crippen LogP contribution in [0.1, 0.15) is 6.92 Å². The number of phenols is 2. The number of phenolic OH excluding ortho intramolecular Hbond substituents is 2. The molecule has 0 aliphatic carbocycles. The van der Waals surface area contributed by atoms with Crippen molar-refractivity contribution in [3.05, 3.63) is 22.8 Å². The van der Waals surface area contributed by atoms with Crippen LogP contribution in [0.4, 0.5) is 27.5 Å². The Morgan fingerprint density at radius 2 is 1.35 bits per heavy atom. The molecule has 1 aromatic carbocycles. The maximum atomic E-state index is 12.1. The SMILES string of the molecule is CC1OC(C(C#N)=C2Nc3c(O)c4c(c(O)c3N2)NC(=C2C(=O)NC(=O)NC2=O)N4)O1. The molecular weight excluding hydrogens is 414 g/mol. The summed E-state index contributed by atoms with van der Waals surface area (Å²) in [6, 6.07) is 0.984. The molecule has 5 rings (SSSR count). The molecule has 14 nitrogen and oxygen atoms in total. The van der Waals surface area contributed by atoms with E-state index in [9.17, 15) is 29.9 Å². The molecule has 4 amide bonds. The van der Waals surface area contributed by atoms with Gasteiger partial charge in [-0.1, -0.05) is 0 Å². The molecule has 0 bridgehead atoms. The van der Waals surface area contributed by atoms with Crippen LogP contribution >= 0.6 is 0 Å². The maximum Gasteiger partial charge on any atom is 0.328 e. The summed E-state index contributed by atoms with van der Waals surface area (Å²) < 4.78 is 10.6. The lowest BCUT2D eigenvalue weighted by Gasteiger charge is -2.33. The van der Waals surface area contributed by atoms with Crippen LogP contribution in [0.15, 0.2) is 22.8 Å². The summed E-state index contributed by atoms with van der Waals surface area (Å²) in [6.45, 7) is 1.66. The van der Waals surface area contributed by atoms with E-state index in [1.807, 2.05) is 16.7 Å². The van der Waals surface area contributed by atoms with Gasteiger partial charge in [-0.15, -0.1) is 0 Å². The number of rotatable bonds is 1. The summed E-state index contributed by atoms with van der Waals surface area (Å²) in [4.78, 5) is 35.4. The van der Waals surface area contributed by atoms with Gasteiger partial charge in [0.05, 0.1) is 0 Å². The first-order valence-corrected chi connectivity index (χ1v) is 8.84. The molecule has 2 saturated heterocycles. The summed E-state index contributed by atoms with van der Waals surface area (Å²) in [7, 11) is 0. The zero-order valence-electron chi connectivity index (χ0n) is 15.5. The van der Waals surface area contributed by atoms with E-state index in [4.69, 9.17) is 9.47 Å². The standard InChI is InChI=1S/C17H13N7O7/c1-3-30-16(31-3)4(2-18)12-19-6-7(20-12)11(26)9-8(10(6)25)21-13(22-9)5-14(27)23-17(29)24-15(5)28/h3,16,19-22,25-26H,1H3,(H2,23,24,27,28,29). The Hall–Kier alpha value is -4.48. The van der Waals surface area contributed by atoms with Crippen LogP contribution in [0.3, 0.4) is 0 Å². The van der Waals surface area contributed by atoms with Crippen LogP contribution in [0.5, 0.6) is 11.5 Å². The second kappa shape index (κ2) is 6.26. The van der Waals surface area contributed by atoms with Crippen molar-refractivity contribution in [3.8, 4) is 17.6 Å². The average Bonchev–Trinajstić information content (AvgIpc) is 3.30. The van der Waals surface area contributed by atoms with Crippen LogP contribution in [0, 0.1) is 11.3 Å². The van der Waals surface area contributed by atoms with Gasteiger partial charge in [0.1, 0.15) is 51.6 Å². The molecule has 0 saturated carbocycles. The number of carbonyl (C=O) groups excluding carboxylic acids is 3. The molecule has 0 radical (unpaired) electrons. The first-order chi connectivity index (χ1) is 14.8. The lowest BCUT2D eigenvalue weighted by molar-refractivity contribution is -0.357. The van der Waals surface area contributed by atoms with Gasteiger partial charge < -0.3 is 41.0 Å². The predicted octanol–water partition coefficient (Wildman–Crippen LogP) is -0.196. The Morgan fingerprint density at radius 3 is 1.81 bits per heavy atom. The number of fused-ring (bicyclic) bond motifs is 2. The summed E-state index contributed by atoms with van der Waals surface area (Å²) in [5.41, 5.74) is -0.363. The van der Waals surface area contributed by atoms with E-state index in [1.165, 1.54) is 0 Å². The predicted molar refractivity (Wildman–Crippen MR) is 101 cm³/mol. The largest absolute Gasteiger partial charge is 0.504 e. The number of anilines is 4. The highest BCUT2D eigenvalue weighted by Gasteiger charge is 2.40. The molecule has 158 valence electrons. The van der Waals surface area contributed by atoms with Crippen molar-refractivity contribution in [1.82, 2.24) is 10.6 Å². The van der Waals surface area contributed by atoms with Crippen molar-refractivity contribution >= 4 is 40.6 Å². The molecule has 14 heteroatoms. The van der Waals surface area contributed by atoms with Gasteiger partial charge in [0.2, 0.25) is 6.29 Å². The summed E-state index contributed by atoms with van der Waals surface area (Å²) in [5, 5.41) is 45.6. The van der Waals surface area contributed by atoms with Gasteiger partial charge in [0, 0.05) is 0 Å². The van der Waals surface area contributed by atoms with Crippen molar-refractivity contribution < 1.29 is 34.1 Å². The van der Waals surface area contributed by atoms with Gasteiger partial charge in [-0.3, -0.25) is 20.2 Å². The molecule has 0 spiro atoms. The minimum Gasteiger partial charge on any atom is -0.504 e. The summed E-state index contributed by atoms with van der Waals surface area (Å²) in [6.07, 6.45) is -1.37. The number of barbiturate groups is 1. The first kappa shape index (κ1) is 18.5. The number of benzene rings is 1. The molecule has 31 heavy (non-hydrogen) atoms. The third kappa shape index (κ3) is 2.61. The fourth-order valence-electron chi connectivity index (χ4n) is 3.45. The molecule has 8 N–H and O–H groups in total. The third-order valence-electron chi connectivity index (χ3n) is 4.86. The number of ether oxygens (including phenoxy) is 2. The summed E-state index contributed by atoms with van der Waals surface area (Å²) >= 11 is 0. The van der Waals surface area contributed by atoms with E-state index in [1.54, 1.807) is 6.92 Å². The number of hydrogen-bond donors (Lipinski definition) is 8. The Bertz CT molecular complexity index is 1140. The number of amides is 4. The molecule has 1 aromatic rings. The number of hydrogen-bond acceptors (Lipinski definition) is 12. The van der Waals surface area contributed by atoms with Crippen molar-refractivity contribution in [3.63, 3.8) is 0 Å². The second-order valence-corrected chi connectivity index (χ2v) is 6.76. The Balaban J connectivity index is 1.52. The first-order valence-electron chi connectivity index (χ1n) is 8.84. The number of imide groups is 2. The topological polar surface area (TPSA) is 206 Å². The van der Waals surface area contributed by atoms with E-state index in [-0.39, 0.29) is 51.5 Å². The second-order valence-electron chi connectivity index (χ2n) is 6.76. The van der Waals surface area contributed by atoms with Gasteiger partial charge in [0.15, 0.2) is 17.8 Å². The fraction of sp³-hybridized carbons (Fsp3) is 0.176. The number of aromatic hydroxyl groups is 2. The zero-order chi connectivity index (χ0) is 22.0. The van der Waals surface area contributed by atoms with E-state index in [2.05, 4.69) is 21.3 Å². The molecule has 0 atom stereocenters. The highest BCUT2D eigenvalue weighted by molar-refractivity contribution is 6.30. The molecule has 0 aromatic heterocycles. The lowest BCUT2D eigenvalue weighted by Crippen LogP contribution is -2.52. The van der Waals surface area contributed by atoms with Crippen molar-refractivity contribution in [2.75, 3.05) is 21.3 Å². The van der Waals surface area contributed by atoms with Crippen LogP contribution in [0.25, 0.3) is 0 Å². The highest BCUT2D eigenvalue weighted by atomic mass is 16.9. The van der Waals surface area contributed by atoms with Crippen molar-refractivity contribution in [2.24, 2.45) is 0 Å². The van der Waals surface area contributed by atoms with Gasteiger partial charge in [-0.2, -0.15) is 5.26 Å². The van der Waals surface area contributed by atoms with Crippen LogP contribution in [-0.4, -0.2) is 40.6 Å². The molecule has 4 aliphatic heterocycles. The van der Waals surface area contributed by atoms with Crippen LogP contribution in [-0.2, 0) is 19.1 Å². The zero-order valence-corrected chi connectivity index (χ0v) is 15.5. The smallest absolute Gasteiger partial charge is 0.328 e. The fourth-order valence-corrected chi connectivity index (χ4v) is 3.45. The minimum atomic E-state index is -0.964. The molecule has 2 fully saturated rings. The molecular formula is C17H13N7O7. The van der Waals surface area contributed by atoms with Crippen LogP contribution < -0.4 is 31.9 Å². The third-order valence-corrected chi connectivity index (χ3v) is 4.86. The highest BCUT2D eigenvalue weighted by Crippen LogP contribution is 2.57. The summed E-state index contributed by atoms with van der Waals surface area (Å²) in [5.74, 6) is -2.67. The maximum absolute atomic E-state index is 12.1. The van der Waals surface area contributed by atoms with Gasteiger partial charge >= 0.3 is 6.03 Å². The number of urea groups is 1. The minimum absolute atomic E-state index is 0.0323. The van der Waals surface area contributed by atoms with Gasteiger partial charge in [0.25, 0.3) is 11.8 Å². The van der Waals surface area contributed by atoms with Crippen molar-refractivity contribution in [2.45, 2.75) is 19.5 Å². The molecule has 4 heterocycles. The normalized spacial score (nSPS) is 23.2. The Kier molecular flexibility index (Phi) is 3.74. The van der Waals surface area contributed by atoms with Gasteiger partial charge in [-0.05, 0) is 6.92 Å². The van der Waals surface area contributed by atoms with E-state index in [0.29, 0.717) is 0 Å². The number of carbonyl (C=O) groups is 3. The van der Waals surface area contributed by atoms with E-state index in [0.717, 1.165) is 0 Å². The molecule has 0 unspecified atom stereocenters. The Morgan fingerprint density at radius 1 is 0.871 bits per heavy atom. The van der Waals surface area contributed by atoms with Crippen LogP contribution in [0.2, 0.25) is 0 Å². The van der Waals surface area contributed by atoms with Gasteiger partial charge in [-0.25, -0.2) is 4.79 Å². The monoisotopic (exact) mass is 427 g/mol. The van der Waals surface area contributed by atoms with Crippen molar-refractivity contribution in [1.29, 1.82) is 5.26 Å². The van der Waals surface area contributed by atoms with E-state index < -0.39 is 36.0 Å². The number of nitrogens with one attached hydrogen (secondary N) is 6. The lowest BCUT2D eigenvalue weighted by atomic mass is 10.1. The Labute approximate surface area is 172 Å². The quantitative estimate of drug-likeness (QED) is 0.0964. The molecule has 4 aliphatic rings. The van der Waals surface area contributed by atoms with E-state index >= 15 is 0 Å². The number of nitriles is 1. The number of nitrogens with zero attached hydrogens (tertiary/aromatic N) is 1.